The maximum Gasteiger partial charge on any atom is 0.573 e. The zero-order valence-electron chi connectivity index (χ0n) is 19.3. The van der Waals surface area contributed by atoms with E-state index in [9.17, 15) is 27.6 Å². The van der Waals surface area contributed by atoms with Crippen LogP contribution in [0.5, 0.6) is 5.75 Å². The number of H-pyrrole nitrogens is 1. The van der Waals surface area contributed by atoms with Gasteiger partial charge in [-0.3, -0.25) is 15.1 Å². The Balaban J connectivity index is 1.56. The molecule has 3 aromatic rings. The zero-order valence-corrected chi connectivity index (χ0v) is 19.3. The number of aromatic amines is 1. The van der Waals surface area contributed by atoms with E-state index in [0.717, 1.165) is 11.6 Å². The minimum atomic E-state index is -4.93. The Morgan fingerprint density at radius 3 is 2.43 bits per heavy atom. The predicted octanol–water partition coefficient (Wildman–Crippen LogP) is 3.13. The van der Waals surface area contributed by atoms with Gasteiger partial charge in [0.15, 0.2) is 5.75 Å². The van der Waals surface area contributed by atoms with E-state index in [2.05, 4.69) is 36.0 Å². The standard InChI is InChI=1S/C23H24F3N7O4/c24-23(25,26)37-18-5-2-1-4-17(18)31-22(36)33-21-30-13-16(19(34)32-21)15-8-6-14(7-9-15)12-28-10-3-11-29-20(27)35/h1-2,4-9,13,28H,3,10-12H2,(H3,27,29,35)(H3,30,31,32,33,34,36). The molecule has 0 saturated carbocycles. The van der Waals surface area contributed by atoms with E-state index in [1.807, 2.05) is 12.1 Å². The summed E-state index contributed by atoms with van der Waals surface area (Å²) in [4.78, 5) is 41.8. The number of nitrogens with one attached hydrogen (secondary N) is 5. The summed E-state index contributed by atoms with van der Waals surface area (Å²) in [5.74, 6) is -0.798. The normalized spacial score (nSPS) is 11.0. The number of carbonyl (C=O) groups excluding carboxylic acids is 2. The fourth-order valence-electron chi connectivity index (χ4n) is 3.17. The van der Waals surface area contributed by atoms with Crippen LogP contribution in [0.1, 0.15) is 12.0 Å². The molecule has 3 rings (SSSR count). The molecule has 2 aromatic carbocycles. The third-order valence-corrected chi connectivity index (χ3v) is 4.82. The quantitative estimate of drug-likeness (QED) is 0.225. The summed E-state index contributed by atoms with van der Waals surface area (Å²) >= 11 is 0. The summed E-state index contributed by atoms with van der Waals surface area (Å²) in [5, 5.41) is 10.2. The van der Waals surface area contributed by atoms with Crippen molar-refractivity contribution in [3.8, 4) is 16.9 Å². The lowest BCUT2D eigenvalue weighted by molar-refractivity contribution is -0.274. The van der Waals surface area contributed by atoms with E-state index in [-0.39, 0.29) is 17.2 Å². The summed E-state index contributed by atoms with van der Waals surface area (Å²) in [6, 6.07) is 10.7. The molecule has 0 saturated heterocycles. The number of ether oxygens (including phenoxy) is 1. The number of urea groups is 2. The van der Waals surface area contributed by atoms with Crippen LogP contribution in [0.25, 0.3) is 11.1 Å². The second-order valence-corrected chi connectivity index (χ2v) is 7.62. The number of aromatic nitrogens is 2. The van der Waals surface area contributed by atoms with Gasteiger partial charge in [0, 0.05) is 19.3 Å². The Morgan fingerprint density at radius 2 is 1.76 bits per heavy atom. The molecule has 1 aromatic heterocycles. The largest absolute Gasteiger partial charge is 0.573 e. The number of carbonyl (C=O) groups is 2. The predicted molar refractivity (Wildman–Crippen MR) is 130 cm³/mol. The summed E-state index contributed by atoms with van der Waals surface area (Å²) in [5.41, 5.74) is 6.06. The summed E-state index contributed by atoms with van der Waals surface area (Å²) in [6.45, 7) is 1.73. The topological polar surface area (TPSA) is 163 Å². The molecule has 0 bridgehead atoms. The van der Waals surface area contributed by atoms with Crippen molar-refractivity contribution in [2.75, 3.05) is 23.7 Å². The van der Waals surface area contributed by atoms with Crippen LogP contribution in [0.15, 0.2) is 59.5 Å². The highest BCUT2D eigenvalue weighted by Gasteiger charge is 2.32. The molecule has 4 amide bonds. The first-order chi connectivity index (χ1) is 17.6. The molecular formula is C23H24F3N7O4. The number of alkyl halides is 3. The lowest BCUT2D eigenvalue weighted by Crippen LogP contribution is -2.31. The lowest BCUT2D eigenvalue weighted by Gasteiger charge is -2.14. The van der Waals surface area contributed by atoms with E-state index in [1.54, 1.807) is 12.1 Å². The average molecular weight is 519 g/mol. The maximum absolute atomic E-state index is 12.5. The van der Waals surface area contributed by atoms with Gasteiger partial charge in [-0.25, -0.2) is 14.6 Å². The van der Waals surface area contributed by atoms with Crippen LogP contribution in [-0.4, -0.2) is 41.5 Å². The average Bonchev–Trinajstić information content (AvgIpc) is 2.82. The fourth-order valence-corrected chi connectivity index (χ4v) is 3.17. The molecule has 0 aliphatic heterocycles. The molecule has 14 heteroatoms. The van der Waals surface area contributed by atoms with E-state index >= 15 is 0 Å². The van der Waals surface area contributed by atoms with Gasteiger partial charge in [-0.2, -0.15) is 0 Å². The molecule has 0 aliphatic carbocycles. The minimum Gasteiger partial charge on any atom is -0.404 e. The molecule has 196 valence electrons. The first-order valence-corrected chi connectivity index (χ1v) is 11.0. The number of anilines is 2. The highest BCUT2D eigenvalue weighted by Crippen LogP contribution is 2.29. The van der Waals surface area contributed by atoms with Gasteiger partial charge < -0.3 is 26.4 Å². The highest BCUT2D eigenvalue weighted by atomic mass is 19.4. The van der Waals surface area contributed by atoms with Gasteiger partial charge in [-0.1, -0.05) is 36.4 Å². The number of nitrogens with two attached hydrogens (primary N) is 1. The van der Waals surface area contributed by atoms with Gasteiger partial charge in [0.25, 0.3) is 5.56 Å². The third-order valence-electron chi connectivity index (χ3n) is 4.82. The van der Waals surface area contributed by atoms with Gasteiger partial charge in [0.1, 0.15) is 0 Å². The van der Waals surface area contributed by atoms with Crippen LogP contribution in [0.4, 0.5) is 34.4 Å². The number of hydrogen-bond donors (Lipinski definition) is 6. The van der Waals surface area contributed by atoms with Crippen molar-refractivity contribution in [1.82, 2.24) is 20.6 Å². The van der Waals surface area contributed by atoms with E-state index in [0.29, 0.717) is 31.6 Å². The first-order valence-electron chi connectivity index (χ1n) is 11.0. The molecule has 0 radical (unpaired) electrons. The number of nitrogens with zero attached hydrogens (tertiary/aromatic N) is 1. The number of rotatable bonds is 10. The molecule has 7 N–H and O–H groups in total. The maximum atomic E-state index is 12.5. The van der Waals surface area contributed by atoms with Gasteiger partial charge in [-0.05, 0) is 36.2 Å². The summed E-state index contributed by atoms with van der Waals surface area (Å²) < 4.78 is 41.5. The van der Waals surface area contributed by atoms with Crippen LogP contribution < -0.4 is 37.3 Å². The van der Waals surface area contributed by atoms with Gasteiger partial charge in [0.2, 0.25) is 5.95 Å². The molecule has 37 heavy (non-hydrogen) atoms. The van der Waals surface area contributed by atoms with Crippen molar-refractivity contribution in [3.63, 3.8) is 0 Å². The van der Waals surface area contributed by atoms with Crippen molar-refractivity contribution in [3.05, 3.63) is 70.6 Å². The van der Waals surface area contributed by atoms with Crippen molar-refractivity contribution in [1.29, 1.82) is 0 Å². The number of para-hydroxylation sites is 2. The van der Waals surface area contributed by atoms with Crippen LogP contribution in [-0.2, 0) is 6.54 Å². The molecule has 11 nitrogen and oxygen atoms in total. The number of primary amides is 1. The van der Waals surface area contributed by atoms with Crippen molar-refractivity contribution in [2.45, 2.75) is 19.3 Å². The number of halogens is 3. The number of amides is 4. The van der Waals surface area contributed by atoms with Gasteiger partial charge >= 0.3 is 18.4 Å². The van der Waals surface area contributed by atoms with E-state index < -0.39 is 29.7 Å². The Labute approximate surface area is 208 Å². The van der Waals surface area contributed by atoms with Crippen LogP contribution in [0, 0.1) is 0 Å². The second-order valence-electron chi connectivity index (χ2n) is 7.62. The van der Waals surface area contributed by atoms with E-state index in [1.165, 1.54) is 24.4 Å². The van der Waals surface area contributed by atoms with Crippen LogP contribution >= 0.6 is 0 Å². The van der Waals surface area contributed by atoms with Crippen LogP contribution in [0.2, 0.25) is 0 Å². The molecule has 1 heterocycles. The highest BCUT2D eigenvalue weighted by molar-refractivity contribution is 5.99. The molecular weight excluding hydrogens is 495 g/mol. The second kappa shape index (κ2) is 12.4. The zero-order chi connectivity index (χ0) is 26.8. The minimum absolute atomic E-state index is 0.202. The van der Waals surface area contributed by atoms with Crippen molar-refractivity contribution in [2.24, 2.45) is 5.73 Å². The smallest absolute Gasteiger partial charge is 0.404 e. The SMILES string of the molecule is NC(=O)NCCCNCc1ccc(-c2cnc(NC(=O)Nc3ccccc3OC(F)(F)F)[nH]c2=O)cc1. The Morgan fingerprint density at radius 1 is 1.03 bits per heavy atom. The Bertz CT molecular complexity index is 1280. The Hall–Kier alpha value is -4.59. The van der Waals surface area contributed by atoms with Crippen LogP contribution in [0.3, 0.4) is 0 Å². The van der Waals surface area contributed by atoms with Crippen molar-refractivity contribution < 1.29 is 27.5 Å². The third kappa shape index (κ3) is 8.85. The fraction of sp³-hybridized carbons (Fsp3) is 0.217. The molecule has 0 unspecified atom stereocenters. The summed E-state index contributed by atoms with van der Waals surface area (Å²) in [6.07, 6.45) is -2.95. The summed E-state index contributed by atoms with van der Waals surface area (Å²) in [7, 11) is 0. The number of benzene rings is 2. The molecule has 0 atom stereocenters. The molecule has 0 aliphatic rings. The van der Waals surface area contributed by atoms with Gasteiger partial charge in [0.05, 0.1) is 11.3 Å². The molecule has 0 spiro atoms. The van der Waals surface area contributed by atoms with E-state index in [4.69, 9.17) is 5.73 Å². The first kappa shape index (κ1) is 27.0. The molecule has 0 fully saturated rings. The Kier molecular flexibility index (Phi) is 9.05. The lowest BCUT2D eigenvalue weighted by atomic mass is 10.1. The van der Waals surface area contributed by atoms with Crippen molar-refractivity contribution >= 4 is 23.7 Å². The monoisotopic (exact) mass is 519 g/mol. The van der Waals surface area contributed by atoms with Gasteiger partial charge in [-0.15, -0.1) is 13.2 Å². The number of hydrogen-bond acceptors (Lipinski definition) is 6.